The molecule has 0 bridgehead atoms. The van der Waals surface area contributed by atoms with Crippen LogP contribution in [0, 0.1) is 11.3 Å². The van der Waals surface area contributed by atoms with Gasteiger partial charge in [-0.15, -0.1) is 0 Å². The van der Waals surface area contributed by atoms with Crippen LogP contribution in [0.4, 0.5) is 13.2 Å². The van der Waals surface area contributed by atoms with Crippen LogP contribution in [0.15, 0.2) is 42.6 Å². The van der Waals surface area contributed by atoms with Crippen LogP contribution in [0.3, 0.4) is 0 Å². The lowest BCUT2D eigenvalue weighted by Gasteiger charge is -2.47. The second kappa shape index (κ2) is 10.5. The molecule has 0 N–H and O–H groups in total. The third-order valence-electron chi connectivity index (χ3n) is 8.64. The predicted molar refractivity (Wildman–Crippen MR) is 135 cm³/mol. The summed E-state index contributed by atoms with van der Waals surface area (Å²) in [5.41, 5.74) is 2.41. The molecule has 2 saturated heterocycles. The Morgan fingerprint density at radius 3 is 2.14 bits per heavy atom. The Bertz CT molecular complexity index is 1020. The van der Waals surface area contributed by atoms with Gasteiger partial charge in [-0.05, 0) is 94.1 Å². The summed E-state index contributed by atoms with van der Waals surface area (Å²) in [5.74, 6) is 0.660. The molecule has 0 atom stereocenters. The number of likely N-dealkylation sites (tertiary alicyclic amines) is 2. The van der Waals surface area contributed by atoms with Crippen LogP contribution in [0.1, 0.15) is 67.4 Å². The van der Waals surface area contributed by atoms with Crippen molar-refractivity contribution in [2.24, 2.45) is 11.3 Å². The zero-order chi connectivity index (χ0) is 25.2. The number of alkyl halides is 3. The van der Waals surface area contributed by atoms with Crippen LogP contribution in [0.5, 0.6) is 0 Å². The summed E-state index contributed by atoms with van der Waals surface area (Å²) in [4.78, 5) is 21.2. The van der Waals surface area contributed by atoms with E-state index in [1.165, 1.54) is 0 Å². The van der Waals surface area contributed by atoms with Gasteiger partial charge in [0, 0.05) is 42.7 Å². The fraction of sp³-hybridized carbons (Fsp3) is 0.586. The number of rotatable bonds is 7. The van der Waals surface area contributed by atoms with E-state index in [0.717, 1.165) is 87.1 Å². The highest BCUT2D eigenvalue weighted by atomic mass is 19.4. The van der Waals surface area contributed by atoms with Crippen LogP contribution < -0.4 is 0 Å². The largest absolute Gasteiger partial charge is 0.395 e. The van der Waals surface area contributed by atoms with Crippen molar-refractivity contribution in [3.05, 3.63) is 53.9 Å². The molecule has 4 nitrogen and oxygen atoms in total. The minimum atomic E-state index is -4.08. The van der Waals surface area contributed by atoms with Gasteiger partial charge < -0.3 is 9.80 Å². The molecule has 2 aliphatic heterocycles. The topological polar surface area (TPSA) is 36.4 Å². The molecular formula is C29H36F3N3O. The normalized spacial score (nSPS) is 20.9. The Balaban J connectivity index is 1.08. The Kier molecular flexibility index (Phi) is 7.38. The summed E-state index contributed by atoms with van der Waals surface area (Å²) in [7, 11) is 0. The molecule has 2 aromatic rings. The van der Waals surface area contributed by atoms with Crippen molar-refractivity contribution in [3.63, 3.8) is 0 Å². The standard InChI is InChI=1S/C29H36F3N3O/c30-29(31,32)28(14-3-15-28)21-34-18-12-22(13-19-34)4-10-26-11-9-25(20-33-26)23-5-7-24(8-6-23)27(36)35-16-1-2-17-35/h5-9,11,20,22H,1-4,10,12-19,21H2. The van der Waals surface area contributed by atoms with E-state index in [-0.39, 0.29) is 12.5 Å². The van der Waals surface area contributed by atoms with Gasteiger partial charge in [0.05, 0.1) is 5.41 Å². The zero-order valence-corrected chi connectivity index (χ0v) is 20.9. The lowest BCUT2D eigenvalue weighted by molar-refractivity contribution is -0.256. The predicted octanol–water partition coefficient (Wildman–Crippen LogP) is 6.36. The summed E-state index contributed by atoms with van der Waals surface area (Å²) in [6.45, 7) is 3.42. The first-order chi connectivity index (χ1) is 17.3. The van der Waals surface area contributed by atoms with Gasteiger partial charge in [-0.3, -0.25) is 9.78 Å². The molecule has 3 fully saturated rings. The number of nitrogens with zero attached hydrogens (tertiary/aromatic N) is 3. The maximum Gasteiger partial charge on any atom is 0.395 e. The maximum atomic E-state index is 13.5. The highest BCUT2D eigenvalue weighted by Crippen LogP contribution is 2.53. The van der Waals surface area contributed by atoms with Crippen LogP contribution in [-0.4, -0.2) is 59.6 Å². The molecule has 0 radical (unpaired) electrons. The summed E-state index contributed by atoms with van der Waals surface area (Å²) >= 11 is 0. The molecule has 1 saturated carbocycles. The average Bonchev–Trinajstić information content (AvgIpc) is 3.40. The van der Waals surface area contributed by atoms with E-state index in [9.17, 15) is 18.0 Å². The quantitative estimate of drug-likeness (QED) is 0.445. The van der Waals surface area contributed by atoms with Crippen molar-refractivity contribution in [1.29, 1.82) is 0 Å². The molecule has 7 heteroatoms. The molecular weight excluding hydrogens is 463 g/mol. The van der Waals surface area contributed by atoms with Crippen molar-refractivity contribution in [2.45, 2.75) is 64.0 Å². The fourth-order valence-electron chi connectivity index (χ4n) is 6.00. The Morgan fingerprint density at radius 1 is 0.917 bits per heavy atom. The van der Waals surface area contributed by atoms with Crippen LogP contribution in [-0.2, 0) is 6.42 Å². The molecule has 36 heavy (non-hydrogen) atoms. The van der Waals surface area contributed by atoms with Crippen molar-refractivity contribution in [1.82, 2.24) is 14.8 Å². The number of aryl methyl sites for hydroxylation is 1. The van der Waals surface area contributed by atoms with Crippen LogP contribution in [0.2, 0.25) is 0 Å². The Hall–Kier alpha value is -2.41. The molecule has 0 unspecified atom stereocenters. The van der Waals surface area contributed by atoms with Gasteiger partial charge in [0.2, 0.25) is 0 Å². The van der Waals surface area contributed by atoms with Crippen molar-refractivity contribution < 1.29 is 18.0 Å². The van der Waals surface area contributed by atoms with E-state index in [1.807, 2.05) is 40.3 Å². The van der Waals surface area contributed by atoms with E-state index in [1.54, 1.807) is 0 Å². The van der Waals surface area contributed by atoms with E-state index in [4.69, 9.17) is 0 Å². The van der Waals surface area contributed by atoms with Gasteiger partial charge in [0.15, 0.2) is 0 Å². The minimum Gasteiger partial charge on any atom is -0.339 e. The summed E-state index contributed by atoms with van der Waals surface area (Å²) < 4.78 is 40.5. The highest BCUT2D eigenvalue weighted by Gasteiger charge is 2.58. The van der Waals surface area contributed by atoms with Crippen molar-refractivity contribution in [2.75, 3.05) is 32.7 Å². The van der Waals surface area contributed by atoms with Crippen molar-refractivity contribution in [3.8, 4) is 11.1 Å². The SMILES string of the molecule is O=C(c1ccc(-c2ccc(CCC3CCN(CC4(C(F)(F)F)CCC4)CC3)nc2)cc1)N1CCCC1. The molecule has 1 amide bonds. The molecule has 3 heterocycles. The van der Waals surface area contributed by atoms with E-state index >= 15 is 0 Å². The van der Waals surface area contributed by atoms with Gasteiger partial charge in [-0.25, -0.2) is 0 Å². The number of pyridine rings is 1. The summed E-state index contributed by atoms with van der Waals surface area (Å²) in [6.07, 6.45) is 5.12. The van der Waals surface area contributed by atoms with Gasteiger partial charge in [0.1, 0.15) is 0 Å². The third-order valence-corrected chi connectivity index (χ3v) is 8.64. The Morgan fingerprint density at radius 2 is 1.58 bits per heavy atom. The van der Waals surface area contributed by atoms with Crippen LogP contribution in [0.25, 0.3) is 11.1 Å². The maximum absolute atomic E-state index is 13.5. The number of hydrogen-bond donors (Lipinski definition) is 0. The smallest absolute Gasteiger partial charge is 0.339 e. The number of amides is 1. The molecule has 3 aliphatic rings. The number of carbonyl (C=O) groups is 1. The van der Waals surface area contributed by atoms with Gasteiger partial charge in [0.25, 0.3) is 5.91 Å². The monoisotopic (exact) mass is 499 g/mol. The molecule has 5 rings (SSSR count). The lowest BCUT2D eigenvalue weighted by atomic mass is 9.67. The first-order valence-electron chi connectivity index (χ1n) is 13.5. The Labute approximate surface area is 211 Å². The highest BCUT2D eigenvalue weighted by molar-refractivity contribution is 5.94. The fourth-order valence-corrected chi connectivity index (χ4v) is 6.00. The zero-order valence-electron chi connectivity index (χ0n) is 20.9. The van der Waals surface area contributed by atoms with Gasteiger partial charge in [-0.1, -0.05) is 24.6 Å². The lowest BCUT2D eigenvalue weighted by Crippen LogP contribution is -2.53. The summed E-state index contributed by atoms with van der Waals surface area (Å²) in [5, 5.41) is 0. The van der Waals surface area contributed by atoms with Gasteiger partial charge >= 0.3 is 6.18 Å². The van der Waals surface area contributed by atoms with E-state index in [2.05, 4.69) is 17.1 Å². The number of piperidine rings is 1. The van der Waals surface area contributed by atoms with E-state index < -0.39 is 11.6 Å². The average molecular weight is 500 g/mol. The second-order valence-corrected chi connectivity index (χ2v) is 11.0. The van der Waals surface area contributed by atoms with Crippen molar-refractivity contribution >= 4 is 5.91 Å². The number of aromatic nitrogens is 1. The van der Waals surface area contributed by atoms with Gasteiger partial charge in [-0.2, -0.15) is 13.2 Å². The number of benzene rings is 1. The third kappa shape index (κ3) is 5.46. The molecule has 194 valence electrons. The molecule has 1 aromatic carbocycles. The van der Waals surface area contributed by atoms with Crippen LogP contribution >= 0.6 is 0 Å². The molecule has 1 aliphatic carbocycles. The number of carbonyl (C=O) groups excluding carboxylic acids is 1. The molecule has 0 spiro atoms. The second-order valence-electron chi connectivity index (χ2n) is 11.0. The first kappa shape index (κ1) is 25.2. The number of halogens is 3. The first-order valence-corrected chi connectivity index (χ1v) is 13.5. The number of hydrogen-bond acceptors (Lipinski definition) is 3. The minimum absolute atomic E-state index is 0.112. The molecule has 1 aromatic heterocycles. The van der Waals surface area contributed by atoms with E-state index in [0.29, 0.717) is 25.2 Å². The summed E-state index contributed by atoms with van der Waals surface area (Å²) in [6, 6.07) is 11.9.